The molecule has 29 heavy (non-hydrogen) atoms. The van der Waals surface area contributed by atoms with Gasteiger partial charge in [0.1, 0.15) is 11.9 Å². The summed E-state index contributed by atoms with van der Waals surface area (Å²) >= 11 is 0. The molecule has 1 aliphatic heterocycles. The van der Waals surface area contributed by atoms with Gasteiger partial charge in [0.25, 0.3) is 0 Å². The SMILES string of the molecule is CC(CC(C)(C)c1ccccc1)NC(=O)N1CCN(c2ncccc2C#N)CC1. The van der Waals surface area contributed by atoms with Crippen LogP contribution in [0.2, 0.25) is 0 Å². The van der Waals surface area contributed by atoms with Crippen LogP contribution in [0.1, 0.15) is 38.3 Å². The number of nitriles is 1. The third-order valence-electron chi connectivity index (χ3n) is 5.52. The second kappa shape index (κ2) is 8.95. The Morgan fingerprint density at radius 1 is 1.17 bits per heavy atom. The topological polar surface area (TPSA) is 72.3 Å². The lowest BCUT2D eigenvalue weighted by Crippen LogP contribution is -2.53. The van der Waals surface area contributed by atoms with Crippen molar-refractivity contribution in [3.8, 4) is 6.07 Å². The Morgan fingerprint density at radius 2 is 1.86 bits per heavy atom. The minimum Gasteiger partial charge on any atom is -0.352 e. The molecule has 1 saturated heterocycles. The molecular formula is C23H29N5O. The maximum atomic E-state index is 12.7. The zero-order valence-electron chi connectivity index (χ0n) is 17.4. The van der Waals surface area contributed by atoms with E-state index in [1.54, 1.807) is 18.3 Å². The zero-order valence-corrected chi connectivity index (χ0v) is 17.4. The molecule has 0 aliphatic carbocycles. The molecule has 1 N–H and O–H groups in total. The lowest BCUT2D eigenvalue weighted by molar-refractivity contribution is 0.188. The maximum Gasteiger partial charge on any atom is 0.317 e. The van der Waals surface area contributed by atoms with Gasteiger partial charge in [-0.15, -0.1) is 0 Å². The summed E-state index contributed by atoms with van der Waals surface area (Å²) in [5.41, 5.74) is 1.83. The van der Waals surface area contributed by atoms with Gasteiger partial charge < -0.3 is 15.1 Å². The van der Waals surface area contributed by atoms with Crippen molar-refractivity contribution in [3.63, 3.8) is 0 Å². The fraction of sp³-hybridized carbons (Fsp3) is 0.435. The van der Waals surface area contributed by atoms with E-state index in [2.05, 4.69) is 66.3 Å². The van der Waals surface area contributed by atoms with Gasteiger partial charge in [0.05, 0.1) is 5.56 Å². The molecule has 2 amide bonds. The van der Waals surface area contributed by atoms with Crippen molar-refractivity contribution >= 4 is 11.8 Å². The number of hydrogen-bond acceptors (Lipinski definition) is 4. The Hall–Kier alpha value is -3.07. The van der Waals surface area contributed by atoms with Gasteiger partial charge in [0, 0.05) is 38.4 Å². The highest BCUT2D eigenvalue weighted by molar-refractivity contribution is 5.75. The number of amides is 2. The molecule has 2 aromatic rings. The largest absolute Gasteiger partial charge is 0.352 e. The van der Waals surface area contributed by atoms with Gasteiger partial charge in [-0.05, 0) is 36.5 Å². The number of piperazine rings is 1. The molecule has 1 unspecified atom stereocenters. The summed E-state index contributed by atoms with van der Waals surface area (Å²) in [6.07, 6.45) is 2.56. The van der Waals surface area contributed by atoms with Gasteiger partial charge >= 0.3 is 6.03 Å². The summed E-state index contributed by atoms with van der Waals surface area (Å²) in [6, 6.07) is 16.2. The van der Waals surface area contributed by atoms with Gasteiger partial charge in [0.15, 0.2) is 0 Å². The Balaban J connectivity index is 1.52. The third-order valence-corrected chi connectivity index (χ3v) is 5.52. The summed E-state index contributed by atoms with van der Waals surface area (Å²) in [4.78, 5) is 21.0. The minimum absolute atomic E-state index is 0.0146. The molecule has 0 radical (unpaired) electrons. The summed E-state index contributed by atoms with van der Waals surface area (Å²) < 4.78 is 0. The average molecular weight is 392 g/mol. The molecule has 0 saturated carbocycles. The number of pyridine rings is 1. The van der Waals surface area contributed by atoms with Crippen molar-refractivity contribution in [1.29, 1.82) is 5.26 Å². The van der Waals surface area contributed by atoms with E-state index in [1.165, 1.54) is 5.56 Å². The van der Waals surface area contributed by atoms with E-state index in [0.717, 1.165) is 6.42 Å². The van der Waals surface area contributed by atoms with Crippen molar-refractivity contribution in [2.45, 2.75) is 38.6 Å². The second-order valence-electron chi connectivity index (χ2n) is 8.27. The minimum atomic E-state index is -0.0254. The number of hydrogen-bond donors (Lipinski definition) is 1. The van der Waals surface area contributed by atoms with Crippen LogP contribution >= 0.6 is 0 Å². The van der Waals surface area contributed by atoms with Crippen LogP contribution < -0.4 is 10.2 Å². The first kappa shape index (κ1) is 20.7. The fourth-order valence-electron chi connectivity index (χ4n) is 3.98. The van der Waals surface area contributed by atoms with Gasteiger partial charge in [-0.25, -0.2) is 9.78 Å². The van der Waals surface area contributed by atoms with E-state index < -0.39 is 0 Å². The van der Waals surface area contributed by atoms with Gasteiger partial charge in [0.2, 0.25) is 0 Å². The molecule has 152 valence electrons. The van der Waals surface area contributed by atoms with E-state index in [-0.39, 0.29) is 17.5 Å². The van der Waals surface area contributed by atoms with Crippen LogP contribution in [0.4, 0.5) is 10.6 Å². The number of carbonyl (C=O) groups excluding carboxylic acids is 1. The molecule has 0 bridgehead atoms. The quantitative estimate of drug-likeness (QED) is 0.846. The van der Waals surface area contributed by atoms with Crippen LogP contribution in [0.5, 0.6) is 0 Å². The first-order chi connectivity index (χ1) is 13.9. The molecule has 2 heterocycles. The molecule has 1 aromatic heterocycles. The van der Waals surface area contributed by atoms with E-state index in [4.69, 9.17) is 0 Å². The molecule has 1 fully saturated rings. The predicted octanol–water partition coefficient (Wildman–Crippen LogP) is 3.54. The number of urea groups is 1. The molecule has 3 rings (SSSR count). The monoisotopic (exact) mass is 391 g/mol. The third kappa shape index (κ3) is 5.05. The number of carbonyl (C=O) groups is 1. The van der Waals surface area contributed by atoms with Crippen molar-refractivity contribution in [3.05, 3.63) is 59.8 Å². The standard InChI is InChI=1S/C23H29N5O/c1-18(16-23(2,3)20-9-5-4-6-10-20)26-22(29)28-14-12-27(13-15-28)21-19(17-24)8-7-11-25-21/h4-11,18H,12-16H2,1-3H3,(H,26,29). The highest BCUT2D eigenvalue weighted by Crippen LogP contribution is 2.28. The first-order valence-corrected chi connectivity index (χ1v) is 10.1. The Kier molecular flexibility index (Phi) is 6.38. The van der Waals surface area contributed by atoms with E-state index >= 15 is 0 Å². The van der Waals surface area contributed by atoms with Crippen LogP contribution in [0, 0.1) is 11.3 Å². The van der Waals surface area contributed by atoms with Crippen LogP contribution in [0.25, 0.3) is 0 Å². The van der Waals surface area contributed by atoms with E-state index in [9.17, 15) is 10.1 Å². The molecule has 6 heteroatoms. The smallest absolute Gasteiger partial charge is 0.317 e. The highest BCUT2D eigenvalue weighted by Gasteiger charge is 2.27. The predicted molar refractivity (Wildman–Crippen MR) is 115 cm³/mol. The van der Waals surface area contributed by atoms with Gasteiger partial charge in [-0.2, -0.15) is 5.26 Å². The maximum absolute atomic E-state index is 12.7. The highest BCUT2D eigenvalue weighted by atomic mass is 16.2. The lowest BCUT2D eigenvalue weighted by Gasteiger charge is -2.36. The summed E-state index contributed by atoms with van der Waals surface area (Å²) in [7, 11) is 0. The fourth-order valence-corrected chi connectivity index (χ4v) is 3.98. The van der Waals surface area contributed by atoms with Crippen LogP contribution in [0.15, 0.2) is 48.7 Å². The van der Waals surface area contributed by atoms with E-state index in [0.29, 0.717) is 37.6 Å². The number of rotatable bonds is 5. The van der Waals surface area contributed by atoms with Crippen molar-refractivity contribution in [2.24, 2.45) is 0 Å². The second-order valence-corrected chi connectivity index (χ2v) is 8.27. The van der Waals surface area contributed by atoms with Crippen LogP contribution in [0.3, 0.4) is 0 Å². The molecule has 0 spiro atoms. The normalized spacial score (nSPS) is 15.5. The van der Waals surface area contributed by atoms with Crippen LogP contribution in [-0.4, -0.2) is 48.1 Å². The van der Waals surface area contributed by atoms with Gasteiger partial charge in [-0.1, -0.05) is 44.2 Å². The van der Waals surface area contributed by atoms with Crippen molar-refractivity contribution in [1.82, 2.24) is 15.2 Å². The Morgan fingerprint density at radius 3 is 2.52 bits per heavy atom. The Bertz CT molecular complexity index is 866. The van der Waals surface area contributed by atoms with Crippen molar-refractivity contribution < 1.29 is 4.79 Å². The Labute approximate surface area is 173 Å². The molecule has 1 aromatic carbocycles. The van der Waals surface area contributed by atoms with Crippen LogP contribution in [-0.2, 0) is 5.41 Å². The molecule has 1 atom stereocenters. The number of benzene rings is 1. The number of aromatic nitrogens is 1. The molecule has 1 aliphatic rings. The number of anilines is 1. The number of nitrogens with zero attached hydrogens (tertiary/aromatic N) is 4. The first-order valence-electron chi connectivity index (χ1n) is 10.1. The summed E-state index contributed by atoms with van der Waals surface area (Å²) in [6.45, 7) is 9.05. The summed E-state index contributed by atoms with van der Waals surface area (Å²) in [5.74, 6) is 0.702. The zero-order chi connectivity index (χ0) is 20.9. The summed E-state index contributed by atoms with van der Waals surface area (Å²) in [5, 5.41) is 12.4. The van der Waals surface area contributed by atoms with E-state index in [1.807, 2.05) is 11.0 Å². The molecule has 6 nitrogen and oxygen atoms in total. The van der Waals surface area contributed by atoms with Gasteiger partial charge in [-0.3, -0.25) is 0 Å². The number of nitrogens with one attached hydrogen (secondary N) is 1. The lowest BCUT2D eigenvalue weighted by atomic mass is 9.79. The molecular weight excluding hydrogens is 362 g/mol. The van der Waals surface area contributed by atoms with Crippen molar-refractivity contribution in [2.75, 3.05) is 31.1 Å². The average Bonchev–Trinajstić information content (AvgIpc) is 2.74.